The van der Waals surface area contributed by atoms with Crippen LogP contribution in [0, 0.1) is 11.7 Å². The standard InChI is InChI=1S/C11H13FO2/c1-7(8(2)13)11(14)9-3-5-10(12)6-4-9/h3-7,11,14H,1-2H3. The van der Waals surface area contributed by atoms with E-state index < -0.39 is 12.0 Å². The maximum atomic E-state index is 12.6. The molecule has 0 heterocycles. The fraction of sp³-hybridized carbons (Fsp3) is 0.364. The Hall–Kier alpha value is -1.22. The fourth-order valence-corrected chi connectivity index (χ4v) is 1.17. The number of carbonyl (C=O) groups is 1. The number of ketones is 1. The van der Waals surface area contributed by atoms with Crippen LogP contribution in [-0.2, 0) is 4.79 Å². The van der Waals surface area contributed by atoms with Crippen LogP contribution >= 0.6 is 0 Å². The first-order valence-corrected chi connectivity index (χ1v) is 4.46. The molecule has 0 bridgehead atoms. The van der Waals surface area contributed by atoms with Gasteiger partial charge in [-0.1, -0.05) is 19.1 Å². The molecule has 1 aromatic rings. The lowest BCUT2D eigenvalue weighted by Crippen LogP contribution is -2.16. The van der Waals surface area contributed by atoms with Gasteiger partial charge in [0.2, 0.25) is 0 Å². The fourth-order valence-electron chi connectivity index (χ4n) is 1.17. The molecule has 2 atom stereocenters. The summed E-state index contributed by atoms with van der Waals surface area (Å²) in [6.45, 7) is 3.08. The minimum Gasteiger partial charge on any atom is -0.388 e. The van der Waals surface area contributed by atoms with Crippen LogP contribution in [0.25, 0.3) is 0 Å². The summed E-state index contributed by atoms with van der Waals surface area (Å²) in [5.41, 5.74) is 0.564. The Bertz CT molecular complexity index is 319. The van der Waals surface area contributed by atoms with E-state index in [1.165, 1.54) is 31.2 Å². The SMILES string of the molecule is CC(=O)C(C)C(O)c1ccc(F)cc1. The first-order valence-electron chi connectivity index (χ1n) is 4.46. The number of Topliss-reactive ketones (excluding diaryl/α,β-unsaturated/α-hetero) is 1. The summed E-state index contributed by atoms with van der Waals surface area (Å²) in [6, 6.07) is 5.51. The minimum atomic E-state index is -0.854. The number of aliphatic hydroxyl groups excluding tert-OH is 1. The van der Waals surface area contributed by atoms with Crippen LogP contribution in [0.1, 0.15) is 25.5 Å². The molecule has 0 saturated carbocycles. The third-order valence-corrected chi connectivity index (χ3v) is 2.33. The first kappa shape index (κ1) is 10.9. The van der Waals surface area contributed by atoms with E-state index in [2.05, 4.69) is 0 Å². The number of carbonyl (C=O) groups excluding carboxylic acids is 1. The van der Waals surface area contributed by atoms with Gasteiger partial charge < -0.3 is 5.11 Å². The number of hydrogen-bond acceptors (Lipinski definition) is 2. The Morgan fingerprint density at radius 3 is 2.29 bits per heavy atom. The van der Waals surface area contributed by atoms with Crippen molar-refractivity contribution in [1.29, 1.82) is 0 Å². The summed E-state index contributed by atoms with van der Waals surface area (Å²) in [4.78, 5) is 11.0. The lowest BCUT2D eigenvalue weighted by molar-refractivity contribution is -0.123. The number of hydrogen-bond donors (Lipinski definition) is 1. The highest BCUT2D eigenvalue weighted by Crippen LogP contribution is 2.22. The van der Waals surface area contributed by atoms with Gasteiger partial charge in [0.05, 0.1) is 6.10 Å². The molecule has 2 nitrogen and oxygen atoms in total. The normalized spacial score (nSPS) is 14.9. The van der Waals surface area contributed by atoms with Crippen molar-refractivity contribution in [2.75, 3.05) is 0 Å². The third kappa shape index (κ3) is 2.39. The Balaban J connectivity index is 2.84. The highest BCUT2D eigenvalue weighted by Gasteiger charge is 2.19. The Labute approximate surface area is 82.4 Å². The predicted molar refractivity (Wildman–Crippen MR) is 51.2 cm³/mol. The molecule has 2 unspecified atom stereocenters. The van der Waals surface area contributed by atoms with Crippen LogP contribution in [-0.4, -0.2) is 10.9 Å². The molecule has 1 N–H and O–H groups in total. The van der Waals surface area contributed by atoms with Crippen molar-refractivity contribution in [2.24, 2.45) is 5.92 Å². The van der Waals surface area contributed by atoms with Gasteiger partial charge in [0.15, 0.2) is 0 Å². The van der Waals surface area contributed by atoms with E-state index in [1.54, 1.807) is 6.92 Å². The topological polar surface area (TPSA) is 37.3 Å². The predicted octanol–water partition coefficient (Wildman–Crippen LogP) is 2.08. The van der Waals surface area contributed by atoms with Gasteiger partial charge in [-0.15, -0.1) is 0 Å². The number of benzene rings is 1. The summed E-state index contributed by atoms with van der Waals surface area (Å²) in [6.07, 6.45) is -0.854. The molecule has 0 aliphatic rings. The van der Waals surface area contributed by atoms with Gasteiger partial charge in [0.1, 0.15) is 11.6 Å². The average Bonchev–Trinajstić information content (AvgIpc) is 2.16. The van der Waals surface area contributed by atoms with E-state index in [4.69, 9.17) is 0 Å². The van der Waals surface area contributed by atoms with Crippen LogP contribution in [0.4, 0.5) is 4.39 Å². The highest BCUT2D eigenvalue weighted by atomic mass is 19.1. The smallest absolute Gasteiger partial charge is 0.135 e. The number of aliphatic hydroxyl groups is 1. The summed E-state index contributed by atoms with van der Waals surface area (Å²) in [7, 11) is 0. The second-order valence-electron chi connectivity index (χ2n) is 3.40. The van der Waals surface area contributed by atoms with Gasteiger partial charge in [0, 0.05) is 5.92 Å². The van der Waals surface area contributed by atoms with Crippen molar-refractivity contribution in [3.05, 3.63) is 35.6 Å². The van der Waals surface area contributed by atoms with Crippen LogP contribution in [0.5, 0.6) is 0 Å². The van der Waals surface area contributed by atoms with Gasteiger partial charge in [-0.05, 0) is 24.6 Å². The van der Waals surface area contributed by atoms with Crippen molar-refractivity contribution in [3.8, 4) is 0 Å². The maximum absolute atomic E-state index is 12.6. The lowest BCUT2D eigenvalue weighted by atomic mass is 9.94. The summed E-state index contributed by atoms with van der Waals surface area (Å²) >= 11 is 0. The largest absolute Gasteiger partial charge is 0.388 e. The summed E-state index contributed by atoms with van der Waals surface area (Å²) < 4.78 is 12.6. The molecular weight excluding hydrogens is 183 g/mol. The molecule has 0 radical (unpaired) electrons. The van der Waals surface area contributed by atoms with Crippen LogP contribution in [0.15, 0.2) is 24.3 Å². The zero-order valence-corrected chi connectivity index (χ0v) is 8.20. The molecule has 0 fully saturated rings. The average molecular weight is 196 g/mol. The van der Waals surface area contributed by atoms with Crippen LogP contribution in [0.2, 0.25) is 0 Å². The van der Waals surface area contributed by atoms with Crippen LogP contribution in [0.3, 0.4) is 0 Å². The van der Waals surface area contributed by atoms with Gasteiger partial charge in [-0.3, -0.25) is 4.79 Å². The molecule has 0 aliphatic carbocycles. The Kier molecular flexibility index (Phi) is 3.36. The van der Waals surface area contributed by atoms with Crippen molar-refractivity contribution in [1.82, 2.24) is 0 Å². The molecule has 0 amide bonds. The van der Waals surface area contributed by atoms with Crippen molar-refractivity contribution < 1.29 is 14.3 Å². The number of halogens is 1. The van der Waals surface area contributed by atoms with Crippen molar-refractivity contribution >= 4 is 5.78 Å². The zero-order valence-electron chi connectivity index (χ0n) is 8.20. The Morgan fingerprint density at radius 2 is 1.86 bits per heavy atom. The summed E-state index contributed by atoms with van der Waals surface area (Å²) in [5.74, 6) is -0.890. The minimum absolute atomic E-state index is 0.0816. The molecule has 14 heavy (non-hydrogen) atoms. The van der Waals surface area contributed by atoms with E-state index in [1.807, 2.05) is 0 Å². The molecule has 1 aromatic carbocycles. The van der Waals surface area contributed by atoms with Gasteiger partial charge in [-0.2, -0.15) is 0 Å². The quantitative estimate of drug-likeness (QED) is 0.803. The van der Waals surface area contributed by atoms with E-state index >= 15 is 0 Å². The lowest BCUT2D eigenvalue weighted by Gasteiger charge is -2.16. The van der Waals surface area contributed by atoms with Gasteiger partial charge in [-0.25, -0.2) is 4.39 Å². The zero-order chi connectivity index (χ0) is 10.7. The van der Waals surface area contributed by atoms with Gasteiger partial charge in [0.25, 0.3) is 0 Å². The van der Waals surface area contributed by atoms with Gasteiger partial charge >= 0.3 is 0 Å². The summed E-state index contributed by atoms with van der Waals surface area (Å²) in [5, 5.41) is 9.71. The van der Waals surface area contributed by atoms with Crippen LogP contribution < -0.4 is 0 Å². The molecule has 76 valence electrons. The molecule has 0 aromatic heterocycles. The number of rotatable bonds is 3. The first-order chi connectivity index (χ1) is 6.52. The monoisotopic (exact) mass is 196 g/mol. The van der Waals surface area contributed by atoms with E-state index in [0.717, 1.165) is 0 Å². The second-order valence-corrected chi connectivity index (χ2v) is 3.40. The highest BCUT2D eigenvalue weighted by molar-refractivity contribution is 5.78. The van der Waals surface area contributed by atoms with Crippen molar-refractivity contribution in [3.63, 3.8) is 0 Å². The maximum Gasteiger partial charge on any atom is 0.135 e. The van der Waals surface area contributed by atoms with E-state index in [0.29, 0.717) is 5.56 Å². The molecule has 0 spiro atoms. The van der Waals surface area contributed by atoms with E-state index in [-0.39, 0.29) is 11.6 Å². The Morgan fingerprint density at radius 1 is 1.36 bits per heavy atom. The molecule has 0 aliphatic heterocycles. The molecular formula is C11H13FO2. The third-order valence-electron chi connectivity index (χ3n) is 2.33. The van der Waals surface area contributed by atoms with E-state index in [9.17, 15) is 14.3 Å². The molecule has 1 rings (SSSR count). The molecule has 0 saturated heterocycles. The van der Waals surface area contributed by atoms with Crippen molar-refractivity contribution in [2.45, 2.75) is 20.0 Å². The second kappa shape index (κ2) is 4.33. The molecule has 3 heteroatoms.